The molecule has 0 spiro atoms. The Bertz CT molecular complexity index is 650. The number of alkyl halides is 1. The van der Waals surface area contributed by atoms with Crippen LogP contribution in [-0.4, -0.2) is 9.91 Å². The van der Waals surface area contributed by atoms with Gasteiger partial charge in [-0.15, -0.1) is 0 Å². The van der Waals surface area contributed by atoms with Crippen molar-refractivity contribution < 1.29 is 14.1 Å². The first-order chi connectivity index (χ1) is 9.51. The van der Waals surface area contributed by atoms with Gasteiger partial charge in [-0.1, -0.05) is 22.0 Å². The Kier molecular flexibility index (Phi) is 4.66. The maximum atomic E-state index is 13.5. The molecule has 104 valence electrons. The number of ether oxygens (including phenoxy) is 1. The molecule has 0 aliphatic rings. The first-order valence-corrected chi connectivity index (χ1v) is 7.25. The third-order valence-electron chi connectivity index (χ3n) is 2.36. The van der Waals surface area contributed by atoms with E-state index in [1.807, 2.05) is 0 Å². The van der Waals surface area contributed by atoms with E-state index in [2.05, 4.69) is 36.8 Å². The molecule has 0 atom stereocenters. The molecular formula is C12H7Br2FN2O3. The summed E-state index contributed by atoms with van der Waals surface area (Å²) in [6.45, 7) is 0. The van der Waals surface area contributed by atoms with E-state index in [1.165, 1.54) is 0 Å². The molecule has 5 nitrogen and oxygen atoms in total. The summed E-state index contributed by atoms with van der Waals surface area (Å²) in [6.07, 6.45) is 1.56. The molecule has 0 radical (unpaired) electrons. The van der Waals surface area contributed by atoms with Crippen molar-refractivity contribution in [3.05, 3.63) is 56.4 Å². The van der Waals surface area contributed by atoms with E-state index in [1.54, 1.807) is 18.3 Å². The fraction of sp³-hybridized carbons (Fsp3) is 0.0833. The van der Waals surface area contributed by atoms with Crippen molar-refractivity contribution in [3.63, 3.8) is 0 Å². The number of rotatable bonds is 4. The van der Waals surface area contributed by atoms with Gasteiger partial charge in [-0.2, -0.15) is 0 Å². The smallest absolute Gasteiger partial charge is 0.312 e. The molecule has 1 heterocycles. The van der Waals surface area contributed by atoms with E-state index in [0.717, 1.165) is 17.7 Å². The zero-order valence-electron chi connectivity index (χ0n) is 9.85. The number of nitrogens with zero attached hydrogens (tertiary/aromatic N) is 2. The van der Waals surface area contributed by atoms with Gasteiger partial charge in [0.1, 0.15) is 5.82 Å². The number of benzene rings is 1. The molecule has 0 unspecified atom stereocenters. The topological polar surface area (TPSA) is 65.3 Å². The summed E-state index contributed by atoms with van der Waals surface area (Å²) in [7, 11) is 0. The van der Waals surface area contributed by atoms with Crippen molar-refractivity contribution in [2.75, 3.05) is 0 Å². The van der Waals surface area contributed by atoms with Crippen LogP contribution in [0.2, 0.25) is 0 Å². The molecule has 0 saturated heterocycles. The van der Waals surface area contributed by atoms with Gasteiger partial charge in [-0.05, 0) is 21.5 Å². The molecule has 1 aromatic heterocycles. The lowest BCUT2D eigenvalue weighted by atomic mass is 10.3. The Labute approximate surface area is 130 Å². The van der Waals surface area contributed by atoms with E-state index in [4.69, 9.17) is 4.74 Å². The van der Waals surface area contributed by atoms with Crippen molar-refractivity contribution in [1.29, 1.82) is 0 Å². The van der Waals surface area contributed by atoms with Crippen LogP contribution in [0.4, 0.5) is 10.1 Å². The predicted molar refractivity (Wildman–Crippen MR) is 77.7 cm³/mol. The van der Waals surface area contributed by atoms with Crippen molar-refractivity contribution in [1.82, 2.24) is 4.98 Å². The first kappa shape index (κ1) is 14.9. The molecule has 1 aromatic carbocycles. The minimum Gasteiger partial charge on any atom is -0.432 e. The lowest BCUT2D eigenvalue weighted by molar-refractivity contribution is -0.385. The summed E-state index contributed by atoms with van der Waals surface area (Å²) in [4.78, 5) is 14.3. The number of pyridine rings is 1. The summed E-state index contributed by atoms with van der Waals surface area (Å²) < 4.78 is 18.7. The Morgan fingerprint density at radius 2 is 2.15 bits per heavy atom. The summed E-state index contributed by atoms with van der Waals surface area (Å²) in [5, 5.41) is 11.6. The molecule has 0 aliphatic carbocycles. The highest BCUT2D eigenvalue weighted by molar-refractivity contribution is 9.10. The van der Waals surface area contributed by atoms with Crippen molar-refractivity contribution in [3.8, 4) is 11.6 Å². The molecule has 0 N–H and O–H groups in total. The molecule has 0 aliphatic heterocycles. The van der Waals surface area contributed by atoms with Crippen molar-refractivity contribution >= 4 is 37.5 Å². The third-order valence-corrected chi connectivity index (χ3v) is 3.62. The van der Waals surface area contributed by atoms with Crippen LogP contribution >= 0.6 is 31.9 Å². The number of nitro benzene ring substituents is 1. The summed E-state index contributed by atoms with van der Waals surface area (Å²) in [5.41, 5.74) is 0.582. The Hall–Kier alpha value is -1.54. The van der Waals surface area contributed by atoms with Gasteiger partial charge in [0.15, 0.2) is 0 Å². The summed E-state index contributed by atoms with van der Waals surface area (Å²) >= 11 is 6.17. The maximum Gasteiger partial charge on any atom is 0.312 e. The molecule has 20 heavy (non-hydrogen) atoms. The number of aromatic nitrogens is 1. The normalized spacial score (nSPS) is 10.3. The second-order valence-corrected chi connectivity index (χ2v) is 5.15. The van der Waals surface area contributed by atoms with Crippen LogP contribution in [0.25, 0.3) is 0 Å². The lowest BCUT2D eigenvalue weighted by Crippen LogP contribution is -1.96. The minimum absolute atomic E-state index is 0.000791. The summed E-state index contributed by atoms with van der Waals surface area (Å²) in [6, 6.07) is 5.30. The van der Waals surface area contributed by atoms with Crippen LogP contribution in [0.1, 0.15) is 5.56 Å². The molecule has 2 aromatic rings. The maximum absolute atomic E-state index is 13.5. The highest BCUT2D eigenvalue weighted by atomic mass is 79.9. The van der Waals surface area contributed by atoms with Gasteiger partial charge >= 0.3 is 5.69 Å². The van der Waals surface area contributed by atoms with Crippen LogP contribution < -0.4 is 4.74 Å². The Morgan fingerprint density at radius 1 is 1.40 bits per heavy atom. The van der Waals surface area contributed by atoms with Gasteiger partial charge in [0.25, 0.3) is 0 Å². The van der Waals surface area contributed by atoms with Gasteiger partial charge in [0.2, 0.25) is 11.6 Å². The molecule has 8 heteroatoms. The van der Waals surface area contributed by atoms with Crippen LogP contribution in [0.5, 0.6) is 11.6 Å². The van der Waals surface area contributed by atoms with Gasteiger partial charge in [0.05, 0.1) is 9.40 Å². The molecule has 0 saturated carbocycles. The standard InChI is InChI=1S/C12H7Br2FN2O3/c13-5-7-1-2-12(16-6-7)20-11-4-9(15)8(14)3-10(11)17(18)19/h1-4,6H,5H2. The minimum atomic E-state index is -0.650. The highest BCUT2D eigenvalue weighted by Gasteiger charge is 2.20. The number of halogens is 3. The average molecular weight is 406 g/mol. The Morgan fingerprint density at radius 3 is 2.70 bits per heavy atom. The van der Waals surface area contributed by atoms with Crippen LogP contribution in [0.15, 0.2) is 34.9 Å². The van der Waals surface area contributed by atoms with Gasteiger partial charge < -0.3 is 4.74 Å². The van der Waals surface area contributed by atoms with Crippen LogP contribution in [0, 0.1) is 15.9 Å². The number of nitro groups is 1. The zero-order chi connectivity index (χ0) is 14.7. The fourth-order valence-corrected chi connectivity index (χ4v) is 2.07. The van der Waals surface area contributed by atoms with E-state index in [9.17, 15) is 14.5 Å². The second-order valence-electron chi connectivity index (χ2n) is 3.73. The molecule has 0 fully saturated rings. The van der Waals surface area contributed by atoms with Crippen molar-refractivity contribution in [2.45, 2.75) is 5.33 Å². The second kappa shape index (κ2) is 6.27. The van der Waals surface area contributed by atoms with Gasteiger partial charge in [-0.3, -0.25) is 10.1 Å². The largest absolute Gasteiger partial charge is 0.432 e. The van der Waals surface area contributed by atoms with Gasteiger partial charge in [0, 0.05) is 29.7 Å². The number of hydrogen-bond donors (Lipinski definition) is 0. The number of hydrogen-bond acceptors (Lipinski definition) is 4. The van der Waals surface area contributed by atoms with E-state index < -0.39 is 10.7 Å². The third kappa shape index (κ3) is 3.31. The average Bonchev–Trinajstić information content (AvgIpc) is 2.43. The highest BCUT2D eigenvalue weighted by Crippen LogP contribution is 2.34. The quantitative estimate of drug-likeness (QED) is 0.424. The fourth-order valence-electron chi connectivity index (χ4n) is 1.41. The molecule has 0 bridgehead atoms. The SMILES string of the molecule is O=[N+]([O-])c1cc(Br)c(F)cc1Oc1ccc(CBr)cn1. The Balaban J connectivity index is 2.36. The monoisotopic (exact) mass is 404 g/mol. The predicted octanol–water partition coefficient (Wildman–Crippen LogP) is 4.58. The molecule has 0 amide bonds. The van der Waals surface area contributed by atoms with Gasteiger partial charge in [-0.25, -0.2) is 9.37 Å². The van der Waals surface area contributed by atoms with E-state index in [-0.39, 0.29) is 21.8 Å². The van der Waals surface area contributed by atoms with Crippen LogP contribution in [-0.2, 0) is 5.33 Å². The first-order valence-electron chi connectivity index (χ1n) is 5.33. The van der Waals surface area contributed by atoms with Crippen molar-refractivity contribution in [2.24, 2.45) is 0 Å². The summed E-state index contributed by atoms with van der Waals surface area (Å²) in [5.74, 6) is -0.697. The molecular weight excluding hydrogens is 399 g/mol. The van der Waals surface area contributed by atoms with Crippen LogP contribution in [0.3, 0.4) is 0 Å². The molecule has 2 rings (SSSR count). The zero-order valence-corrected chi connectivity index (χ0v) is 13.0. The van der Waals surface area contributed by atoms with E-state index in [0.29, 0.717) is 5.33 Å². The van der Waals surface area contributed by atoms with E-state index >= 15 is 0 Å². The lowest BCUT2D eigenvalue weighted by Gasteiger charge is -2.06.